The third-order valence-electron chi connectivity index (χ3n) is 4.25. The van der Waals surface area contributed by atoms with E-state index < -0.39 is 5.76 Å². The van der Waals surface area contributed by atoms with Crippen LogP contribution in [0.2, 0.25) is 0 Å². The number of hydrogen-bond donors (Lipinski definition) is 2. The summed E-state index contributed by atoms with van der Waals surface area (Å²) in [6.07, 6.45) is 2.16. The van der Waals surface area contributed by atoms with Crippen molar-refractivity contribution in [2.75, 3.05) is 37.3 Å². The summed E-state index contributed by atoms with van der Waals surface area (Å²) >= 11 is 0. The summed E-state index contributed by atoms with van der Waals surface area (Å²) in [5, 5.41) is 0. The third kappa shape index (κ3) is 2.63. The lowest BCUT2D eigenvalue weighted by Crippen LogP contribution is -2.40. The number of benzene rings is 1. The van der Waals surface area contributed by atoms with Crippen molar-refractivity contribution in [2.24, 2.45) is 0 Å². The van der Waals surface area contributed by atoms with Gasteiger partial charge in [-0.05, 0) is 32.5 Å². The summed E-state index contributed by atoms with van der Waals surface area (Å²) in [5.41, 5.74) is 9.07. The van der Waals surface area contributed by atoms with Crippen LogP contribution in [0.5, 0.6) is 0 Å². The quantitative estimate of drug-likeness (QED) is 0.822. The van der Waals surface area contributed by atoms with Gasteiger partial charge in [0.25, 0.3) is 0 Å². The Labute approximate surface area is 123 Å². The molecule has 3 rings (SSSR count). The maximum Gasteiger partial charge on any atom is 0.417 e. The van der Waals surface area contributed by atoms with Crippen LogP contribution in [0.4, 0.5) is 11.4 Å². The van der Waals surface area contributed by atoms with E-state index in [4.69, 9.17) is 10.2 Å². The number of likely N-dealkylation sites (N-methyl/N-ethyl adjacent to an activating group) is 1. The Morgan fingerprint density at radius 3 is 3.00 bits per heavy atom. The zero-order valence-corrected chi connectivity index (χ0v) is 12.6. The van der Waals surface area contributed by atoms with Gasteiger partial charge in [0, 0.05) is 25.2 Å². The smallest absolute Gasteiger partial charge is 0.408 e. The molecule has 0 radical (unpaired) electrons. The summed E-state index contributed by atoms with van der Waals surface area (Å²) in [7, 11) is 2.16. The summed E-state index contributed by atoms with van der Waals surface area (Å²) in [6, 6.07) is 4.10. The number of hydrogen-bond acceptors (Lipinski definition) is 5. The lowest BCUT2D eigenvalue weighted by atomic mass is 10.1. The van der Waals surface area contributed by atoms with Gasteiger partial charge in [-0.2, -0.15) is 0 Å². The molecule has 21 heavy (non-hydrogen) atoms. The number of nitrogens with one attached hydrogen (secondary N) is 1. The molecule has 0 aliphatic carbocycles. The lowest BCUT2D eigenvalue weighted by molar-refractivity contribution is 0.328. The zero-order chi connectivity index (χ0) is 15.0. The number of aromatic nitrogens is 1. The van der Waals surface area contributed by atoms with E-state index in [0.29, 0.717) is 22.8 Å². The van der Waals surface area contributed by atoms with E-state index in [0.717, 1.165) is 38.2 Å². The molecule has 0 amide bonds. The number of nitrogen functional groups attached to an aromatic ring is 1. The van der Waals surface area contributed by atoms with Crippen molar-refractivity contribution in [1.82, 2.24) is 9.88 Å². The first kappa shape index (κ1) is 14.0. The number of rotatable bonds is 2. The van der Waals surface area contributed by atoms with Gasteiger partial charge in [0.15, 0.2) is 5.58 Å². The number of H-pyrrole nitrogens is 1. The Morgan fingerprint density at radius 2 is 2.24 bits per heavy atom. The van der Waals surface area contributed by atoms with E-state index in [1.165, 1.54) is 0 Å². The van der Waals surface area contributed by atoms with Gasteiger partial charge in [-0.15, -0.1) is 0 Å². The van der Waals surface area contributed by atoms with E-state index >= 15 is 0 Å². The fraction of sp³-hybridized carbons (Fsp3) is 0.533. The lowest BCUT2D eigenvalue weighted by Gasteiger charge is -2.33. The maximum absolute atomic E-state index is 11.3. The SMILES string of the molecule is CCC1CN(C)CCCN1c1cc2[nH]c(=O)oc2cc1N. The monoisotopic (exact) mass is 290 g/mol. The molecule has 114 valence electrons. The van der Waals surface area contributed by atoms with Crippen molar-refractivity contribution in [1.29, 1.82) is 0 Å². The van der Waals surface area contributed by atoms with Gasteiger partial charge in [0.1, 0.15) is 0 Å². The molecule has 1 aromatic carbocycles. The van der Waals surface area contributed by atoms with Gasteiger partial charge in [0.05, 0.1) is 16.9 Å². The van der Waals surface area contributed by atoms with Crippen molar-refractivity contribution in [3.63, 3.8) is 0 Å². The van der Waals surface area contributed by atoms with Crippen LogP contribution in [0.25, 0.3) is 11.1 Å². The summed E-state index contributed by atoms with van der Waals surface area (Å²) in [6.45, 7) is 5.29. The van der Waals surface area contributed by atoms with Crippen molar-refractivity contribution in [3.8, 4) is 0 Å². The van der Waals surface area contributed by atoms with Gasteiger partial charge in [-0.3, -0.25) is 4.98 Å². The van der Waals surface area contributed by atoms with Crippen LogP contribution in [0, 0.1) is 0 Å². The Kier molecular flexibility index (Phi) is 3.63. The second-order valence-electron chi connectivity index (χ2n) is 5.79. The topological polar surface area (TPSA) is 78.5 Å². The largest absolute Gasteiger partial charge is 0.417 e. The molecule has 6 heteroatoms. The van der Waals surface area contributed by atoms with E-state index in [1.807, 2.05) is 6.07 Å². The fourth-order valence-corrected chi connectivity index (χ4v) is 3.16. The van der Waals surface area contributed by atoms with E-state index in [9.17, 15) is 4.79 Å². The minimum absolute atomic E-state index is 0.427. The highest BCUT2D eigenvalue weighted by Crippen LogP contribution is 2.31. The molecule has 1 fully saturated rings. The fourth-order valence-electron chi connectivity index (χ4n) is 3.16. The van der Waals surface area contributed by atoms with Crippen molar-refractivity contribution in [3.05, 3.63) is 22.7 Å². The molecule has 6 nitrogen and oxygen atoms in total. The first-order chi connectivity index (χ1) is 10.1. The molecule has 1 aliphatic heterocycles. The van der Waals surface area contributed by atoms with Crippen LogP contribution in [0.1, 0.15) is 19.8 Å². The first-order valence-corrected chi connectivity index (χ1v) is 7.46. The molecule has 1 atom stereocenters. The second-order valence-corrected chi connectivity index (χ2v) is 5.79. The Balaban J connectivity index is 2.04. The molecule has 0 bridgehead atoms. The molecule has 2 aromatic rings. The number of oxazole rings is 1. The van der Waals surface area contributed by atoms with Gasteiger partial charge in [-0.25, -0.2) is 4.79 Å². The molecule has 0 spiro atoms. The minimum Gasteiger partial charge on any atom is -0.408 e. The summed E-state index contributed by atoms with van der Waals surface area (Å²) in [5.74, 6) is -0.441. The van der Waals surface area contributed by atoms with E-state index in [1.54, 1.807) is 6.07 Å². The third-order valence-corrected chi connectivity index (χ3v) is 4.25. The van der Waals surface area contributed by atoms with Crippen molar-refractivity contribution < 1.29 is 4.42 Å². The number of nitrogens with two attached hydrogens (primary N) is 1. The van der Waals surface area contributed by atoms with Crippen LogP contribution in [0.15, 0.2) is 21.3 Å². The molecule has 3 N–H and O–H groups in total. The van der Waals surface area contributed by atoms with Crippen molar-refractivity contribution >= 4 is 22.5 Å². The van der Waals surface area contributed by atoms with Gasteiger partial charge in [-0.1, -0.05) is 6.92 Å². The molecule has 0 saturated carbocycles. The summed E-state index contributed by atoms with van der Waals surface area (Å²) in [4.78, 5) is 18.8. The van der Waals surface area contributed by atoms with Gasteiger partial charge < -0.3 is 20.0 Å². The van der Waals surface area contributed by atoms with Crippen LogP contribution >= 0.6 is 0 Å². The summed E-state index contributed by atoms with van der Waals surface area (Å²) < 4.78 is 5.07. The molecule has 1 unspecified atom stereocenters. The van der Waals surface area contributed by atoms with Crippen LogP contribution in [-0.2, 0) is 0 Å². The van der Waals surface area contributed by atoms with Crippen LogP contribution < -0.4 is 16.4 Å². The minimum atomic E-state index is -0.441. The number of aromatic amines is 1. The molecular formula is C15H22N4O2. The average molecular weight is 290 g/mol. The predicted octanol–water partition coefficient (Wildman–Crippen LogP) is 1.62. The van der Waals surface area contributed by atoms with Crippen LogP contribution in [0.3, 0.4) is 0 Å². The Morgan fingerprint density at radius 1 is 1.43 bits per heavy atom. The normalized spacial score (nSPS) is 20.9. The highest BCUT2D eigenvalue weighted by atomic mass is 16.4. The first-order valence-electron chi connectivity index (χ1n) is 7.46. The van der Waals surface area contributed by atoms with E-state index in [-0.39, 0.29) is 0 Å². The van der Waals surface area contributed by atoms with Gasteiger partial charge >= 0.3 is 5.76 Å². The highest BCUT2D eigenvalue weighted by Gasteiger charge is 2.24. The number of nitrogens with zero attached hydrogens (tertiary/aromatic N) is 2. The Hall–Kier alpha value is -1.95. The predicted molar refractivity (Wildman–Crippen MR) is 84.8 cm³/mol. The zero-order valence-electron chi connectivity index (χ0n) is 12.6. The number of anilines is 2. The molecular weight excluding hydrogens is 268 g/mol. The van der Waals surface area contributed by atoms with Gasteiger partial charge in [0.2, 0.25) is 0 Å². The van der Waals surface area contributed by atoms with Crippen molar-refractivity contribution in [2.45, 2.75) is 25.8 Å². The highest BCUT2D eigenvalue weighted by molar-refractivity contribution is 5.85. The standard InChI is InChI=1S/C15H22N4O2/c1-3-10-9-18(2)5-4-6-19(10)13-8-12-14(7-11(13)16)21-15(20)17-12/h7-8,10H,3-6,9,16H2,1-2H3,(H,17,20). The Bertz CT molecular complexity index is 691. The van der Waals surface area contributed by atoms with E-state index in [2.05, 4.69) is 28.8 Å². The molecule has 2 heterocycles. The maximum atomic E-state index is 11.3. The van der Waals surface area contributed by atoms with Crippen LogP contribution in [-0.4, -0.2) is 42.6 Å². The molecule has 1 aromatic heterocycles. The second kappa shape index (κ2) is 5.44. The molecule has 1 aliphatic rings. The number of fused-ring (bicyclic) bond motifs is 1. The molecule has 1 saturated heterocycles. The average Bonchev–Trinajstić information content (AvgIpc) is 2.68.